The summed E-state index contributed by atoms with van der Waals surface area (Å²) in [4.78, 5) is 13.7. The number of carboxylic acid groups (broad SMARTS) is 1. The van der Waals surface area contributed by atoms with Crippen LogP contribution in [0.3, 0.4) is 0 Å². The maximum Gasteiger partial charge on any atom is 0.252 e. The Labute approximate surface area is 182 Å². The first-order valence-corrected chi connectivity index (χ1v) is 10.5. The molecule has 1 N–H and O–H groups in total. The molecule has 0 aliphatic heterocycles. The number of nitrogens with zero attached hydrogens (tertiary/aromatic N) is 1. The predicted molar refractivity (Wildman–Crippen MR) is 112 cm³/mol. The van der Waals surface area contributed by atoms with Gasteiger partial charge in [0.15, 0.2) is 6.73 Å². The zero-order valence-electron chi connectivity index (χ0n) is 17.3. The van der Waals surface area contributed by atoms with Crippen molar-refractivity contribution < 1.29 is 23.9 Å². The van der Waals surface area contributed by atoms with Crippen LogP contribution in [0.4, 0.5) is 0 Å². The van der Waals surface area contributed by atoms with Crippen molar-refractivity contribution in [2.24, 2.45) is 0 Å². The van der Waals surface area contributed by atoms with Gasteiger partial charge in [0.25, 0.3) is 5.82 Å². The lowest BCUT2D eigenvalue weighted by Gasteiger charge is -2.12. The fourth-order valence-electron chi connectivity index (χ4n) is 2.65. The van der Waals surface area contributed by atoms with Crippen molar-refractivity contribution in [3.8, 4) is 5.75 Å². The summed E-state index contributed by atoms with van der Waals surface area (Å²) in [5, 5.41) is 10.8. The topological polar surface area (TPSA) is 78.3 Å². The van der Waals surface area contributed by atoms with Gasteiger partial charge in [-0.3, -0.25) is 0 Å². The maximum absolute atomic E-state index is 10.6. The van der Waals surface area contributed by atoms with Gasteiger partial charge in [-0.25, -0.2) is 9.55 Å². The highest BCUT2D eigenvalue weighted by atomic mass is 35.5. The maximum atomic E-state index is 10.6. The number of aromatic nitrogens is 2. The molecule has 0 unspecified atom stereocenters. The lowest BCUT2D eigenvalue weighted by atomic mass is 10.1. The van der Waals surface area contributed by atoms with Crippen molar-refractivity contribution in [1.82, 2.24) is 4.98 Å². The summed E-state index contributed by atoms with van der Waals surface area (Å²) in [6.07, 6.45) is 11.9. The Kier molecular flexibility index (Phi) is 12.4. The molecule has 0 saturated carbocycles. The van der Waals surface area contributed by atoms with E-state index in [9.17, 15) is 9.90 Å². The fourth-order valence-corrected chi connectivity index (χ4v) is 3.11. The number of imidazole rings is 1. The van der Waals surface area contributed by atoms with Gasteiger partial charge in [0.2, 0.25) is 0 Å². The van der Waals surface area contributed by atoms with Crippen LogP contribution in [0.1, 0.15) is 61.6 Å². The van der Waals surface area contributed by atoms with Crippen LogP contribution in [0.2, 0.25) is 10.0 Å². The van der Waals surface area contributed by atoms with E-state index in [-0.39, 0.29) is 21.4 Å². The van der Waals surface area contributed by atoms with Crippen molar-refractivity contribution in [3.05, 3.63) is 46.0 Å². The Hall–Kier alpha value is -1.76. The van der Waals surface area contributed by atoms with Crippen molar-refractivity contribution in [2.45, 2.75) is 59.1 Å². The summed E-state index contributed by atoms with van der Waals surface area (Å²) in [5.74, 6) is -0.249. The molecular weight excluding hydrogens is 415 g/mol. The molecule has 162 valence electrons. The number of ether oxygens (including phenoxy) is 2. The summed E-state index contributed by atoms with van der Waals surface area (Å²) < 4.78 is 12.5. The molecule has 2 rings (SSSR count). The van der Waals surface area contributed by atoms with E-state index in [1.165, 1.54) is 57.8 Å². The number of benzene rings is 1. The number of carbonyl (C=O) groups is 1. The number of carboxylic acids is 1. The summed E-state index contributed by atoms with van der Waals surface area (Å²) in [5.41, 5.74) is -0.225. The van der Waals surface area contributed by atoms with E-state index in [2.05, 4.69) is 16.5 Å². The van der Waals surface area contributed by atoms with Gasteiger partial charge >= 0.3 is 0 Å². The van der Waals surface area contributed by atoms with Gasteiger partial charge in [0.05, 0.1) is 35.3 Å². The highest BCUT2D eigenvalue weighted by molar-refractivity contribution is 6.36. The zero-order chi connectivity index (χ0) is 21.6. The monoisotopic (exact) mass is 444 g/mol. The van der Waals surface area contributed by atoms with Crippen LogP contribution in [0, 0.1) is 6.92 Å². The number of carbonyl (C=O) groups excluding carboxylic acids is 1. The van der Waals surface area contributed by atoms with E-state index in [0.29, 0.717) is 6.73 Å². The van der Waals surface area contributed by atoms with E-state index in [1.807, 2.05) is 19.3 Å². The van der Waals surface area contributed by atoms with E-state index in [4.69, 9.17) is 32.7 Å². The molecule has 0 bridgehead atoms. The number of aryl methyl sites for hydroxylation is 1. The number of aromatic amines is 1. The van der Waals surface area contributed by atoms with Crippen molar-refractivity contribution in [3.63, 3.8) is 0 Å². The van der Waals surface area contributed by atoms with E-state index >= 15 is 0 Å². The third-order valence-corrected chi connectivity index (χ3v) is 4.93. The standard InChI is InChI=1S/C13H24N2O.C8H6Cl2O3/c1-3-4-5-6-7-8-11-16-12-15-10-9-14-13(15)2;1-13-7-5(10)3-2-4(9)6(7)8(11)12/h9-10H,3-8,11-12H2,1-2H3;2-3H,1H3,(H,11,12). The first kappa shape index (κ1) is 25.3. The molecule has 0 spiro atoms. The Bertz CT molecular complexity index is 750. The Morgan fingerprint density at radius 3 is 2.34 bits per heavy atom. The van der Waals surface area contributed by atoms with Gasteiger partial charge in [-0.2, -0.15) is 0 Å². The lowest BCUT2D eigenvalue weighted by molar-refractivity contribution is -0.736. The van der Waals surface area contributed by atoms with Gasteiger partial charge in [0, 0.05) is 6.92 Å². The van der Waals surface area contributed by atoms with E-state index in [1.54, 1.807) is 0 Å². The molecule has 6 nitrogen and oxygen atoms in total. The summed E-state index contributed by atoms with van der Waals surface area (Å²) in [6.45, 7) is 5.85. The number of H-pyrrole nitrogens is 1. The quantitative estimate of drug-likeness (QED) is 0.413. The number of hydrogen-bond acceptors (Lipinski definition) is 4. The molecule has 1 aromatic heterocycles. The number of nitrogens with one attached hydrogen (secondary N) is 1. The second kappa shape index (κ2) is 14.3. The number of rotatable bonds is 11. The lowest BCUT2D eigenvalue weighted by Crippen LogP contribution is -2.35. The minimum atomic E-state index is -1.41. The van der Waals surface area contributed by atoms with Crippen LogP contribution in [-0.2, 0) is 11.5 Å². The van der Waals surface area contributed by atoms with Crippen molar-refractivity contribution in [1.29, 1.82) is 0 Å². The molecule has 8 heteroatoms. The van der Waals surface area contributed by atoms with Gasteiger partial charge in [0.1, 0.15) is 18.1 Å². The van der Waals surface area contributed by atoms with Crippen LogP contribution in [0.5, 0.6) is 5.75 Å². The molecule has 0 atom stereocenters. The first-order chi connectivity index (χ1) is 13.9. The highest BCUT2D eigenvalue weighted by Gasteiger charge is 2.12. The van der Waals surface area contributed by atoms with Crippen LogP contribution in [-0.4, -0.2) is 24.7 Å². The Morgan fingerprint density at radius 1 is 1.14 bits per heavy atom. The summed E-state index contributed by atoms with van der Waals surface area (Å²) in [7, 11) is 1.31. The van der Waals surface area contributed by atoms with Crippen molar-refractivity contribution in [2.75, 3.05) is 13.7 Å². The van der Waals surface area contributed by atoms with Crippen LogP contribution < -0.4 is 14.4 Å². The Morgan fingerprint density at radius 2 is 1.79 bits per heavy atom. The van der Waals surface area contributed by atoms with Gasteiger partial charge in [-0.15, -0.1) is 0 Å². The normalized spacial score (nSPS) is 10.4. The molecule has 0 aliphatic carbocycles. The zero-order valence-corrected chi connectivity index (χ0v) is 18.8. The number of unbranched alkanes of at least 4 members (excludes halogenated alkanes) is 5. The average molecular weight is 445 g/mol. The number of aromatic carboxylic acids is 1. The first-order valence-electron chi connectivity index (χ1n) is 9.76. The van der Waals surface area contributed by atoms with Crippen LogP contribution in [0.15, 0.2) is 24.5 Å². The molecule has 0 saturated heterocycles. The smallest absolute Gasteiger partial charge is 0.252 e. The number of hydrogen-bond donors (Lipinski definition) is 1. The molecule has 1 aromatic carbocycles. The van der Waals surface area contributed by atoms with Gasteiger partial charge < -0.3 is 19.4 Å². The molecule has 2 aromatic rings. The summed E-state index contributed by atoms with van der Waals surface area (Å²) in [6, 6.07) is 2.83. The van der Waals surface area contributed by atoms with E-state index < -0.39 is 5.97 Å². The third-order valence-electron chi connectivity index (χ3n) is 4.32. The fraction of sp³-hybridized carbons (Fsp3) is 0.524. The molecule has 29 heavy (non-hydrogen) atoms. The molecule has 1 heterocycles. The third kappa shape index (κ3) is 9.07. The van der Waals surface area contributed by atoms with Crippen molar-refractivity contribution >= 4 is 29.2 Å². The number of methoxy groups -OCH3 is 1. The minimum absolute atomic E-state index is 0.0224. The number of halogens is 2. The average Bonchev–Trinajstić information content (AvgIpc) is 3.10. The predicted octanol–water partition coefficient (Wildman–Crippen LogP) is 4.31. The van der Waals surface area contributed by atoms with Gasteiger partial charge in [-0.1, -0.05) is 62.2 Å². The molecular formula is C21H30Cl2N2O4. The van der Waals surface area contributed by atoms with Crippen LogP contribution in [0.25, 0.3) is 0 Å². The van der Waals surface area contributed by atoms with Crippen LogP contribution >= 0.6 is 23.2 Å². The van der Waals surface area contributed by atoms with E-state index in [0.717, 1.165) is 12.4 Å². The highest BCUT2D eigenvalue weighted by Crippen LogP contribution is 2.33. The SMILES string of the molecule is CCCCCCCCOC[n+]1cc[nH]c1C.COc1c(Cl)ccc(Cl)c1C(=O)[O-]. The largest absolute Gasteiger partial charge is 0.545 e. The summed E-state index contributed by atoms with van der Waals surface area (Å²) >= 11 is 11.3. The molecule has 0 aliphatic rings. The minimum Gasteiger partial charge on any atom is -0.545 e. The molecule has 0 fully saturated rings. The second-order valence-electron chi connectivity index (χ2n) is 6.55. The molecule has 0 amide bonds. The molecule has 0 radical (unpaired) electrons. The Balaban J connectivity index is 0.000000296. The second-order valence-corrected chi connectivity index (χ2v) is 7.36. The van der Waals surface area contributed by atoms with Gasteiger partial charge in [-0.05, 0) is 18.6 Å².